The average molecular weight is 380 g/mol. The Bertz CT molecular complexity index is 818. The fraction of sp³-hybridized carbons (Fsp3) is 0.111. The van der Waals surface area contributed by atoms with Crippen molar-refractivity contribution in [2.75, 3.05) is 12.4 Å². The average Bonchev–Trinajstić information content (AvgIpc) is 2.60. The molecule has 26 heavy (non-hydrogen) atoms. The largest absolute Gasteiger partial charge is 0.497 e. The van der Waals surface area contributed by atoms with Crippen molar-refractivity contribution in [3.8, 4) is 5.75 Å². The first-order valence-electron chi connectivity index (χ1n) is 7.39. The van der Waals surface area contributed by atoms with Crippen LogP contribution >= 0.6 is 12.2 Å². The lowest BCUT2D eigenvalue weighted by molar-refractivity contribution is -0.137. The zero-order chi connectivity index (χ0) is 19.2. The van der Waals surface area contributed by atoms with Crippen molar-refractivity contribution in [3.63, 3.8) is 0 Å². The third-order valence-corrected chi connectivity index (χ3v) is 3.43. The van der Waals surface area contributed by atoms with E-state index < -0.39 is 17.6 Å². The highest BCUT2D eigenvalue weighted by Gasteiger charge is 2.30. The number of carbonyl (C=O) groups excluding carboxylic acids is 1. The maximum Gasteiger partial charge on any atom is 0.416 e. The van der Waals surface area contributed by atoms with Crippen molar-refractivity contribution >= 4 is 35.0 Å². The van der Waals surface area contributed by atoms with Crippen LogP contribution in [0.15, 0.2) is 54.6 Å². The van der Waals surface area contributed by atoms with Crippen LogP contribution in [-0.4, -0.2) is 18.1 Å². The van der Waals surface area contributed by atoms with E-state index in [1.807, 2.05) is 0 Å². The molecule has 136 valence electrons. The molecule has 0 fully saturated rings. The molecule has 2 aromatic carbocycles. The third kappa shape index (κ3) is 5.89. The Morgan fingerprint density at radius 1 is 1.15 bits per heavy atom. The van der Waals surface area contributed by atoms with E-state index in [4.69, 9.17) is 17.0 Å². The minimum atomic E-state index is -4.45. The summed E-state index contributed by atoms with van der Waals surface area (Å²) in [4.78, 5) is 11.8. The Labute approximate surface area is 153 Å². The van der Waals surface area contributed by atoms with Gasteiger partial charge in [-0.15, -0.1) is 0 Å². The van der Waals surface area contributed by atoms with Crippen molar-refractivity contribution in [3.05, 3.63) is 65.7 Å². The van der Waals surface area contributed by atoms with Crippen molar-refractivity contribution in [2.24, 2.45) is 0 Å². The van der Waals surface area contributed by atoms with Crippen LogP contribution in [0.2, 0.25) is 0 Å². The summed E-state index contributed by atoms with van der Waals surface area (Å²) in [6, 6.07) is 11.6. The Morgan fingerprint density at radius 3 is 2.46 bits per heavy atom. The number of ether oxygens (including phenoxy) is 1. The van der Waals surface area contributed by atoms with Gasteiger partial charge in [0.05, 0.1) is 12.7 Å². The summed E-state index contributed by atoms with van der Waals surface area (Å²) in [5, 5.41) is 4.81. The molecule has 0 saturated carbocycles. The monoisotopic (exact) mass is 380 g/mol. The van der Waals surface area contributed by atoms with Gasteiger partial charge in [0.1, 0.15) is 5.75 Å². The standard InChI is InChI=1S/C18H15F3N2O2S/c1-25-15-8-5-12(6-9-15)7-10-16(24)23-17(26)22-14-4-2-3-13(11-14)18(19,20)21/h2-11H,1H3,(H2,22,23,24,26)/b10-7+. The van der Waals surface area contributed by atoms with Gasteiger partial charge in [0.15, 0.2) is 5.11 Å². The van der Waals surface area contributed by atoms with Crippen LogP contribution in [0.25, 0.3) is 6.08 Å². The molecule has 0 aromatic heterocycles. The predicted molar refractivity (Wildman–Crippen MR) is 97.8 cm³/mol. The van der Waals surface area contributed by atoms with E-state index in [1.54, 1.807) is 37.5 Å². The Balaban J connectivity index is 1.92. The molecule has 0 aliphatic carbocycles. The number of halogens is 3. The molecule has 4 nitrogen and oxygen atoms in total. The van der Waals surface area contributed by atoms with Crippen molar-refractivity contribution in [1.29, 1.82) is 0 Å². The highest BCUT2D eigenvalue weighted by Crippen LogP contribution is 2.30. The van der Waals surface area contributed by atoms with Crippen LogP contribution in [0.3, 0.4) is 0 Å². The minimum Gasteiger partial charge on any atom is -0.497 e. The first-order chi connectivity index (χ1) is 12.3. The second kappa shape index (κ2) is 8.48. The number of nitrogens with one attached hydrogen (secondary N) is 2. The molecule has 0 unspecified atom stereocenters. The van der Waals surface area contributed by atoms with Crippen LogP contribution in [0.5, 0.6) is 5.75 Å². The first kappa shape index (κ1) is 19.5. The summed E-state index contributed by atoms with van der Waals surface area (Å²) < 4.78 is 43.1. The number of rotatable bonds is 4. The summed E-state index contributed by atoms with van der Waals surface area (Å²) >= 11 is 4.94. The van der Waals surface area contributed by atoms with Crippen LogP contribution < -0.4 is 15.4 Å². The quantitative estimate of drug-likeness (QED) is 0.615. The van der Waals surface area contributed by atoms with Crippen molar-refractivity contribution in [2.45, 2.75) is 6.18 Å². The molecule has 0 radical (unpaired) electrons. The van der Waals surface area contributed by atoms with Gasteiger partial charge in [-0.2, -0.15) is 13.2 Å². The molecule has 8 heteroatoms. The molecule has 0 aliphatic heterocycles. The van der Waals surface area contributed by atoms with Gasteiger partial charge < -0.3 is 10.1 Å². The lowest BCUT2D eigenvalue weighted by Crippen LogP contribution is -2.32. The number of hydrogen-bond acceptors (Lipinski definition) is 3. The second-order valence-corrected chi connectivity index (χ2v) is 5.54. The van der Waals surface area contributed by atoms with Gasteiger partial charge in [0.25, 0.3) is 0 Å². The normalized spacial score (nSPS) is 11.2. The Kier molecular flexibility index (Phi) is 6.35. The van der Waals surface area contributed by atoms with Gasteiger partial charge in [0, 0.05) is 11.8 Å². The topological polar surface area (TPSA) is 50.4 Å². The number of carbonyl (C=O) groups is 1. The number of methoxy groups -OCH3 is 1. The molecule has 1 amide bonds. The maximum absolute atomic E-state index is 12.7. The van der Waals surface area contributed by atoms with E-state index in [-0.39, 0.29) is 10.8 Å². The number of thiocarbonyl (C=S) groups is 1. The molecule has 2 aromatic rings. The highest BCUT2D eigenvalue weighted by molar-refractivity contribution is 7.80. The summed E-state index contributed by atoms with van der Waals surface area (Å²) in [5.74, 6) is 0.184. The molecule has 0 atom stereocenters. The van der Waals surface area contributed by atoms with Gasteiger partial charge in [0.2, 0.25) is 5.91 Å². The first-order valence-corrected chi connectivity index (χ1v) is 7.80. The molecule has 2 rings (SSSR count). The molecule has 0 bridgehead atoms. The lowest BCUT2D eigenvalue weighted by atomic mass is 10.2. The van der Waals surface area contributed by atoms with Gasteiger partial charge in [-0.25, -0.2) is 0 Å². The molecule has 0 spiro atoms. The molecule has 0 heterocycles. The maximum atomic E-state index is 12.7. The summed E-state index contributed by atoms with van der Waals surface area (Å²) in [7, 11) is 1.55. The van der Waals surface area contributed by atoms with E-state index >= 15 is 0 Å². The SMILES string of the molecule is COc1ccc(/C=C/C(=O)NC(=S)Nc2cccc(C(F)(F)F)c2)cc1. The van der Waals surface area contributed by atoms with Gasteiger partial charge >= 0.3 is 6.18 Å². The lowest BCUT2D eigenvalue weighted by Gasteiger charge is -2.11. The van der Waals surface area contributed by atoms with E-state index in [0.717, 1.165) is 17.7 Å². The number of anilines is 1. The smallest absolute Gasteiger partial charge is 0.416 e. The predicted octanol–water partition coefficient (Wildman–Crippen LogP) is 4.24. The second-order valence-electron chi connectivity index (χ2n) is 5.13. The Hall–Kier alpha value is -2.87. The molecular weight excluding hydrogens is 365 g/mol. The fourth-order valence-electron chi connectivity index (χ4n) is 1.98. The van der Waals surface area contributed by atoms with Crippen molar-refractivity contribution < 1.29 is 22.7 Å². The van der Waals surface area contributed by atoms with Gasteiger partial charge in [-0.1, -0.05) is 18.2 Å². The molecule has 0 saturated heterocycles. The van der Waals surface area contributed by atoms with Crippen LogP contribution in [0.4, 0.5) is 18.9 Å². The van der Waals surface area contributed by atoms with Crippen molar-refractivity contribution in [1.82, 2.24) is 5.32 Å². The van der Waals surface area contributed by atoms with Crippen LogP contribution in [-0.2, 0) is 11.0 Å². The Morgan fingerprint density at radius 2 is 1.85 bits per heavy atom. The van der Waals surface area contributed by atoms with E-state index in [2.05, 4.69) is 10.6 Å². The minimum absolute atomic E-state index is 0.103. The third-order valence-electron chi connectivity index (χ3n) is 3.23. The summed E-state index contributed by atoms with van der Waals surface area (Å²) in [6.45, 7) is 0. The van der Waals surface area contributed by atoms with E-state index in [0.29, 0.717) is 5.75 Å². The van der Waals surface area contributed by atoms with Crippen LogP contribution in [0, 0.1) is 0 Å². The van der Waals surface area contributed by atoms with E-state index in [9.17, 15) is 18.0 Å². The number of alkyl halides is 3. The zero-order valence-corrected chi connectivity index (χ0v) is 14.4. The zero-order valence-electron chi connectivity index (χ0n) is 13.6. The highest BCUT2D eigenvalue weighted by atomic mass is 32.1. The van der Waals surface area contributed by atoms with E-state index in [1.165, 1.54) is 18.2 Å². The number of amides is 1. The van der Waals surface area contributed by atoms with Gasteiger partial charge in [-0.05, 0) is 54.2 Å². The number of hydrogen-bond donors (Lipinski definition) is 2. The fourth-order valence-corrected chi connectivity index (χ4v) is 2.19. The number of benzene rings is 2. The van der Waals surface area contributed by atoms with Crippen LogP contribution in [0.1, 0.15) is 11.1 Å². The van der Waals surface area contributed by atoms with Gasteiger partial charge in [-0.3, -0.25) is 10.1 Å². The molecule has 2 N–H and O–H groups in total. The molecule has 0 aliphatic rings. The summed E-state index contributed by atoms with van der Waals surface area (Å²) in [5.41, 5.74) is 0.0954. The summed E-state index contributed by atoms with van der Waals surface area (Å²) in [6.07, 6.45) is -1.62. The molecular formula is C18H15F3N2O2S.